The Morgan fingerprint density at radius 1 is 1.03 bits per heavy atom. The van der Waals surface area contributed by atoms with Crippen LogP contribution in [-0.2, 0) is 11.3 Å². The average Bonchev–Trinajstić information content (AvgIpc) is 3.60. The molecule has 2 aromatic heterocycles. The highest BCUT2D eigenvalue weighted by atomic mass is 16.5. The fraction of sp³-hybridized carbons (Fsp3) is 0.448. The number of aromatic amines is 1. The topological polar surface area (TPSA) is 92.2 Å². The molecule has 0 spiro atoms. The summed E-state index contributed by atoms with van der Waals surface area (Å²) in [7, 11) is 0. The van der Waals surface area contributed by atoms with E-state index in [0.29, 0.717) is 17.9 Å². The van der Waals surface area contributed by atoms with Crippen LogP contribution in [0.4, 0.5) is 5.69 Å². The minimum Gasteiger partial charge on any atom is -0.376 e. The van der Waals surface area contributed by atoms with Gasteiger partial charge in [-0.1, -0.05) is 23.8 Å². The summed E-state index contributed by atoms with van der Waals surface area (Å²) < 4.78 is 7.73. The lowest BCUT2D eigenvalue weighted by Crippen LogP contribution is -2.49. The molecule has 2 aromatic carbocycles. The van der Waals surface area contributed by atoms with E-state index in [4.69, 9.17) is 4.74 Å². The van der Waals surface area contributed by atoms with E-state index in [0.717, 1.165) is 62.1 Å². The number of rotatable bonds is 6. The van der Waals surface area contributed by atoms with E-state index in [1.807, 2.05) is 22.9 Å². The Bertz CT molecular complexity index is 1500. The van der Waals surface area contributed by atoms with Gasteiger partial charge in [-0.2, -0.15) is 0 Å². The molecule has 198 valence electrons. The molecular formula is C29H35N7O2. The predicted molar refractivity (Wildman–Crippen MR) is 148 cm³/mol. The fourth-order valence-corrected chi connectivity index (χ4v) is 5.84. The van der Waals surface area contributed by atoms with E-state index in [2.05, 4.69) is 75.3 Å². The molecule has 0 unspecified atom stereocenters. The first-order valence-corrected chi connectivity index (χ1v) is 13.5. The van der Waals surface area contributed by atoms with Gasteiger partial charge in [-0.25, -0.2) is 4.68 Å². The highest BCUT2D eigenvalue weighted by Gasteiger charge is 2.33. The molecule has 38 heavy (non-hydrogen) atoms. The highest BCUT2D eigenvalue weighted by molar-refractivity contribution is 5.79. The van der Waals surface area contributed by atoms with Crippen LogP contribution in [0.1, 0.15) is 47.0 Å². The summed E-state index contributed by atoms with van der Waals surface area (Å²) in [5.74, 6) is 0.693. The molecule has 2 atom stereocenters. The number of aromatic nitrogens is 5. The molecule has 2 aliphatic heterocycles. The molecule has 4 heterocycles. The van der Waals surface area contributed by atoms with Crippen LogP contribution in [0.25, 0.3) is 10.9 Å². The van der Waals surface area contributed by atoms with E-state index in [1.165, 1.54) is 16.8 Å². The number of tetrazole rings is 1. The Morgan fingerprint density at radius 3 is 2.61 bits per heavy atom. The van der Waals surface area contributed by atoms with Crippen molar-refractivity contribution in [2.24, 2.45) is 0 Å². The third-order valence-corrected chi connectivity index (χ3v) is 7.91. The predicted octanol–water partition coefficient (Wildman–Crippen LogP) is 3.53. The zero-order valence-corrected chi connectivity index (χ0v) is 22.4. The molecular weight excluding hydrogens is 478 g/mol. The van der Waals surface area contributed by atoms with Gasteiger partial charge in [0.2, 0.25) is 0 Å². The number of benzene rings is 2. The zero-order valence-electron chi connectivity index (χ0n) is 22.4. The molecule has 1 N–H and O–H groups in total. The largest absolute Gasteiger partial charge is 0.376 e. The van der Waals surface area contributed by atoms with Crippen LogP contribution in [0.2, 0.25) is 0 Å². The Kier molecular flexibility index (Phi) is 6.71. The minimum atomic E-state index is -0.360. The van der Waals surface area contributed by atoms with Gasteiger partial charge in [0.1, 0.15) is 6.04 Å². The maximum absolute atomic E-state index is 13.5. The average molecular weight is 514 g/mol. The number of fused-ring (bicyclic) bond motifs is 1. The lowest BCUT2D eigenvalue weighted by Gasteiger charge is -2.40. The maximum Gasteiger partial charge on any atom is 0.253 e. The van der Waals surface area contributed by atoms with Crippen LogP contribution in [0.3, 0.4) is 0 Å². The first-order valence-electron chi connectivity index (χ1n) is 13.5. The maximum atomic E-state index is 13.5. The number of piperazine rings is 1. The summed E-state index contributed by atoms with van der Waals surface area (Å²) in [6.45, 7) is 11.0. The molecule has 0 aliphatic carbocycles. The van der Waals surface area contributed by atoms with Crippen LogP contribution in [-0.4, -0.2) is 69.0 Å². The summed E-state index contributed by atoms with van der Waals surface area (Å²) in [4.78, 5) is 21.4. The molecule has 9 nitrogen and oxygen atoms in total. The third kappa shape index (κ3) is 4.83. The molecule has 2 fully saturated rings. The van der Waals surface area contributed by atoms with E-state index in [-0.39, 0.29) is 17.7 Å². The van der Waals surface area contributed by atoms with E-state index < -0.39 is 0 Å². The molecule has 6 rings (SSSR count). The van der Waals surface area contributed by atoms with Gasteiger partial charge in [0.25, 0.3) is 5.56 Å². The van der Waals surface area contributed by atoms with Crippen molar-refractivity contribution in [3.63, 3.8) is 0 Å². The highest BCUT2D eigenvalue weighted by Crippen LogP contribution is 2.30. The second-order valence-corrected chi connectivity index (χ2v) is 10.7. The number of anilines is 1. The number of aryl methyl sites for hydroxylation is 3. The number of pyridine rings is 1. The summed E-state index contributed by atoms with van der Waals surface area (Å²) in [6.07, 6.45) is 2.14. The first kappa shape index (κ1) is 24.8. The molecule has 0 amide bonds. The van der Waals surface area contributed by atoms with E-state index in [9.17, 15) is 4.79 Å². The monoisotopic (exact) mass is 513 g/mol. The lowest BCUT2D eigenvalue weighted by molar-refractivity contribution is 0.0906. The van der Waals surface area contributed by atoms with Gasteiger partial charge in [0, 0.05) is 49.6 Å². The van der Waals surface area contributed by atoms with Crippen molar-refractivity contribution >= 4 is 16.6 Å². The summed E-state index contributed by atoms with van der Waals surface area (Å²) in [5.41, 5.74) is 6.38. The van der Waals surface area contributed by atoms with Crippen molar-refractivity contribution < 1.29 is 4.74 Å². The third-order valence-electron chi connectivity index (χ3n) is 7.91. The first-order chi connectivity index (χ1) is 18.5. The van der Waals surface area contributed by atoms with Gasteiger partial charge in [0.05, 0.1) is 12.6 Å². The standard InChI is InChI=1S/C29H35N7O2/c1-19-7-9-25-22(15-19)17-24(29(37)30-25)27(28-31-32-33-36(28)18-23-5-4-14-38-23)35-12-10-34(11-13-35)26-16-20(2)6-8-21(26)3/h6-9,15-17,23,27H,4-5,10-14,18H2,1-3H3,(H,30,37)/t23-,27-/m0/s1. The quantitative estimate of drug-likeness (QED) is 0.422. The van der Waals surface area contributed by atoms with Gasteiger partial charge in [0.15, 0.2) is 5.82 Å². The summed E-state index contributed by atoms with van der Waals surface area (Å²) >= 11 is 0. The van der Waals surface area contributed by atoms with Crippen LogP contribution >= 0.6 is 0 Å². The SMILES string of the molecule is Cc1ccc(C)c(N2CCN([C@@H](c3cc4cc(C)ccc4[nH]c3=O)c3nnnn3C[C@@H]3CCCO3)CC2)c1. The Balaban J connectivity index is 1.37. The van der Waals surface area contributed by atoms with Crippen LogP contribution in [0.5, 0.6) is 0 Å². The number of hydrogen-bond acceptors (Lipinski definition) is 7. The number of ether oxygens (including phenoxy) is 1. The minimum absolute atomic E-state index is 0.0941. The number of nitrogens with zero attached hydrogens (tertiary/aromatic N) is 6. The van der Waals surface area contributed by atoms with Crippen LogP contribution in [0.15, 0.2) is 47.3 Å². The van der Waals surface area contributed by atoms with Crippen molar-refractivity contribution in [1.82, 2.24) is 30.1 Å². The van der Waals surface area contributed by atoms with Gasteiger partial charge in [-0.3, -0.25) is 9.69 Å². The number of nitrogens with one attached hydrogen (secondary N) is 1. The lowest BCUT2D eigenvalue weighted by atomic mass is 10.0. The summed E-state index contributed by atoms with van der Waals surface area (Å²) in [5, 5.41) is 13.9. The van der Waals surface area contributed by atoms with Crippen molar-refractivity contribution in [1.29, 1.82) is 0 Å². The molecule has 0 bridgehead atoms. The van der Waals surface area contributed by atoms with E-state index in [1.54, 1.807) is 0 Å². The van der Waals surface area contributed by atoms with Gasteiger partial charge in [-0.05, 0) is 84.8 Å². The molecule has 2 aliphatic rings. The van der Waals surface area contributed by atoms with Crippen LogP contribution < -0.4 is 10.5 Å². The molecule has 9 heteroatoms. The summed E-state index contributed by atoms with van der Waals surface area (Å²) in [6, 6.07) is 14.4. The second-order valence-electron chi connectivity index (χ2n) is 10.7. The Morgan fingerprint density at radius 2 is 1.82 bits per heavy atom. The molecule has 2 saturated heterocycles. The van der Waals surface area contributed by atoms with E-state index >= 15 is 0 Å². The van der Waals surface area contributed by atoms with Crippen molar-refractivity contribution in [3.05, 3.63) is 80.9 Å². The van der Waals surface area contributed by atoms with Crippen molar-refractivity contribution in [2.75, 3.05) is 37.7 Å². The molecule has 0 radical (unpaired) electrons. The fourth-order valence-electron chi connectivity index (χ4n) is 5.84. The van der Waals surface area contributed by atoms with Gasteiger partial charge in [-0.15, -0.1) is 5.10 Å². The van der Waals surface area contributed by atoms with Crippen molar-refractivity contribution in [3.8, 4) is 0 Å². The van der Waals surface area contributed by atoms with Gasteiger partial charge >= 0.3 is 0 Å². The second kappa shape index (κ2) is 10.3. The Labute approximate surface area is 222 Å². The Hall–Kier alpha value is -3.56. The smallest absolute Gasteiger partial charge is 0.253 e. The number of hydrogen-bond donors (Lipinski definition) is 1. The molecule has 4 aromatic rings. The van der Waals surface area contributed by atoms with Crippen LogP contribution in [0, 0.1) is 20.8 Å². The molecule has 0 saturated carbocycles. The number of H-pyrrole nitrogens is 1. The van der Waals surface area contributed by atoms with Gasteiger partial charge < -0.3 is 14.6 Å². The van der Waals surface area contributed by atoms with Crippen molar-refractivity contribution in [2.45, 2.75) is 52.3 Å². The normalized spacial score (nSPS) is 19.3. The zero-order chi connectivity index (χ0) is 26.2.